The number of carbonyl (C=O) groups is 1. The van der Waals surface area contributed by atoms with Crippen LogP contribution in [0.5, 0.6) is 0 Å². The van der Waals surface area contributed by atoms with Gasteiger partial charge in [0, 0.05) is 17.8 Å². The normalized spacial score (nSPS) is 22.8. The minimum atomic E-state index is 0.0223. The van der Waals surface area contributed by atoms with Crippen molar-refractivity contribution in [2.75, 3.05) is 18.9 Å². The van der Waals surface area contributed by atoms with Crippen LogP contribution < -0.4 is 11.1 Å². The van der Waals surface area contributed by atoms with Gasteiger partial charge in [-0.15, -0.1) is 0 Å². The van der Waals surface area contributed by atoms with E-state index < -0.39 is 0 Å². The second-order valence-corrected chi connectivity index (χ2v) is 5.84. The lowest BCUT2D eigenvalue weighted by Crippen LogP contribution is -2.50. The molecule has 0 bridgehead atoms. The van der Waals surface area contributed by atoms with Crippen LogP contribution in [0, 0.1) is 6.92 Å². The molecule has 0 radical (unpaired) electrons. The van der Waals surface area contributed by atoms with Gasteiger partial charge < -0.3 is 11.1 Å². The molecule has 0 heterocycles. The van der Waals surface area contributed by atoms with Crippen molar-refractivity contribution >= 4 is 11.6 Å². The fraction of sp³-hybridized carbons (Fsp3) is 0.562. The Morgan fingerprint density at radius 2 is 1.95 bits per heavy atom. The molecule has 0 spiro atoms. The summed E-state index contributed by atoms with van der Waals surface area (Å²) < 4.78 is 0. The summed E-state index contributed by atoms with van der Waals surface area (Å²) >= 11 is 0. The molecule has 1 aromatic rings. The van der Waals surface area contributed by atoms with E-state index in [2.05, 4.69) is 10.2 Å². The molecule has 4 nitrogen and oxygen atoms in total. The van der Waals surface area contributed by atoms with Gasteiger partial charge in [0.2, 0.25) is 5.91 Å². The first-order valence-corrected chi connectivity index (χ1v) is 7.38. The zero-order valence-corrected chi connectivity index (χ0v) is 12.4. The molecule has 0 aliphatic heterocycles. The average Bonchev–Trinajstić information content (AvgIpc) is 2.41. The molecule has 1 aliphatic rings. The van der Waals surface area contributed by atoms with Gasteiger partial charge in [-0.25, -0.2) is 0 Å². The Kier molecular flexibility index (Phi) is 5.15. The lowest BCUT2D eigenvalue weighted by atomic mass is 9.90. The highest BCUT2D eigenvalue weighted by Gasteiger charge is 2.26. The third kappa shape index (κ3) is 4.05. The third-order valence-electron chi connectivity index (χ3n) is 4.08. The number of hydrogen-bond acceptors (Lipinski definition) is 3. The zero-order valence-electron chi connectivity index (χ0n) is 12.4. The summed E-state index contributed by atoms with van der Waals surface area (Å²) in [5.74, 6) is 0.0223. The van der Waals surface area contributed by atoms with Crippen molar-refractivity contribution in [2.45, 2.75) is 44.7 Å². The van der Waals surface area contributed by atoms with Crippen LogP contribution in [-0.4, -0.2) is 36.5 Å². The molecule has 1 amide bonds. The maximum Gasteiger partial charge on any atom is 0.238 e. The summed E-state index contributed by atoms with van der Waals surface area (Å²) in [6, 6.07) is 8.37. The van der Waals surface area contributed by atoms with E-state index in [0.717, 1.165) is 18.5 Å². The predicted molar refractivity (Wildman–Crippen MR) is 82.7 cm³/mol. The van der Waals surface area contributed by atoms with Crippen molar-refractivity contribution in [1.29, 1.82) is 0 Å². The lowest BCUT2D eigenvalue weighted by Gasteiger charge is -2.35. The Morgan fingerprint density at radius 3 is 2.60 bits per heavy atom. The van der Waals surface area contributed by atoms with Crippen LogP contribution in [0.15, 0.2) is 24.3 Å². The lowest BCUT2D eigenvalue weighted by molar-refractivity contribution is -0.117. The molecule has 0 saturated heterocycles. The van der Waals surface area contributed by atoms with Gasteiger partial charge in [-0.3, -0.25) is 9.69 Å². The van der Waals surface area contributed by atoms with Crippen LogP contribution in [0.25, 0.3) is 0 Å². The summed E-state index contributed by atoms with van der Waals surface area (Å²) in [6.07, 6.45) is 4.58. The summed E-state index contributed by atoms with van der Waals surface area (Å²) in [7, 11) is 1.99. The standard InChI is InChI=1S/C16H25N3O/c1-12-7-9-13(10-8-12)18-16(20)11-19(2)15-6-4-3-5-14(15)17/h7-10,14-15H,3-6,11,17H2,1-2H3,(H,18,20). The van der Waals surface area contributed by atoms with Gasteiger partial charge in [-0.2, -0.15) is 0 Å². The number of nitrogens with zero attached hydrogens (tertiary/aromatic N) is 1. The van der Waals surface area contributed by atoms with E-state index in [1.807, 2.05) is 38.2 Å². The van der Waals surface area contributed by atoms with Crippen molar-refractivity contribution < 1.29 is 4.79 Å². The number of amides is 1. The van der Waals surface area contributed by atoms with Gasteiger partial charge in [-0.1, -0.05) is 30.5 Å². The van der Waals surface area contributed by atoms with E-state index >= 15 is 0 Å². The van der Waals surface area contributed by atoms with Crippen molar-refractivity contribution in [3.05, 3.63) is 29.8 Å². The largest absolute Gasteiger partial charge is 0.326 e. The van der Waals surface area contributed by atoms with Gasteiger partial charge in [-0.05, 0) is 38.9 Å². The van der Waals surface area contributed by atoms with E-state index in [4.69, 9.17) is 5.73 Å². The number of nitrogens with one attached hydrogen (secondary N) is 1. The molecule has 2 unspecified atom stereocenters. The molecule has 1 saturated carbocycles. The number of likely N-dealkylation sites (N-methyl/N-ethyl adjacent to an activating group) is 1. The second-order valence-electron chi connectivity index (χ2n) is 5.84. The Labute approximate surface area is 121 Å². The number of rotatable bonds is 4. The fourth-order valence-corrected chi connectivity index (χ4v) is 2.87. The van der Waals surface area contributed by atoms with Crippen LogP contribution in [0.3, 0.4) is 0 Å². The molecule has 4 heteroatoms. The van der Waals surface area contributed by atoms with Crippen LogP contribution in [0.4, 0.5) is 5.69 Å². The molecule has 2 atom stereocenters. The molecule has 2 rings (SSSR count). The van der Waals surface area contributed by atoms with Crippen LogP contribution in [-0.2, 0) is 4.79 Å². The fourth-order valence-electron chi connectivity index (χ4n) is 2.87. The first kappa shape index (κ1) is 15.0. The molecular weight excluding hydrogens is 250 g/mol. The average molecular weight is 275 g/mol. The van der Waals surface area contributed by atoms with Gasteiger partial charge in [0.15, 0.2) is 0 Å². The first-order valence-electron chi connectivity index (χ1n) is 7.38. The number of carbonyl (C=O) groups excluding carboxylic acids is 1. The predicted octanol–water partition coefficient (Wildman–Crippen LogP) is 2.14. The molecule has 3 N–H and O–H groups in total. The Bertz CT molecular complexity index is 444. The van der Waals surface area contributed by atoms with Crippen LogP contribution in [0.2, 0.25) is 0 Å². The maximum absolute atomic E-state index is 12.1. The third-order valence-corrected chi connectivity index (χ3v) is 4.08. The number of anilines is 1. The Balaban J connectivity index is 1.85. The van der Waals surface area contributed by atoms with Gasteiger partial charge in [0.05, 0.1) is 6.54 Å². The van der Waals surface area contributed by atoms with Gasteiger partial charge >= 0.3 is 0 Å². The maximum atomic E-state index is 12.1. The highest BCUT2D eigenvalue weighted by Crippen LogP contribution is 2.20. The number of benzene rings is 1. The van der Waals surface area contributed by atoms with Crippen LogP contribution in [0.1, 0.15) is 31.2 Å². The number of nitrogens with two attached hydrogens (primary N) is 1. The van der Waals surface area contributed by atoms with E-state index in [0.29, 0.717) is 12.6 Å². The summed E-state index contributed by atoms with van der Waals surface area (Å²) in [5, 5.41) is 2.93. The molecule has 1 aliphatic carbocycles. The topological polar surface area (TPSA) is 58.4 Å². The van der Waals surface area contributed by atoms with E-state index in [1.165, 1.54) is 18.4 Å². The summed E-state index contributed by atoms with van der Waals surface area (Å²) in [4.78, 5) is 14.2. The first-order chi connectivity index (χ1) is 9.56. The smallest absolute Gasteiger partial charge is 0.238 e. The second kappa shape index (κ2) is 6.86. The molecule has 110 valence electrons. The summed E-state index contributed by atoms with van der Waals surface area (Å²) in [5.41, 5.74) is 8.19. The molecule has 20 heavy (non-hydrogen) atoms. The zero-order chi connectivity index (χ0) is 14.5. The Hall–Kier alpha value is -1.39. The number of aryl methyl sites for hydroxylation is 1. The van der Waals surface area contributed by atoms with Gasteiger partial charge in [0.1, 0.15) is 0 Å². The van der Waals surface area contributed by atoms with E-state index in [-0.39, 0.29) is 11.9 Å². The molecule has 1 fully saturated rings. The van der Waals surface area contributed by atoms with Crippen molar-refractivity contribution in [1.82, 2.24) is 4.90 Å². The quantitative estimate of drug-likeness (QED) is 0.885. The number of hydrogen-bond donors (Lipinski definition) is 2. The molecule has 0 aromatic heterocycles. The van der Waals surface area contributed by atoms with Crippen molar-refractivity contribution in [3.63, 3.8) is 0 Å². The highest BCUT2D eigenvalue weighted by atomic mass is 16.2. The Morgan fingerprint density at radius 1 is 1.30 bits per heavy atom. The highest BCUT2D eigenvalue weighted by molar-refractivity contribution is 5.92. The summed E-state index contributed by atoms with van der Waals surface area (Å²) in [6.45, 7) is 2.43. The molecular formula is C16H25N3O. The van der Waals surface area contributed by atoms with Crippen molar-refractivity contribution in [2.24, 2.45) is 5.73 Å². The molecule has 1 aromatic carbocycles. The minimum Gasteiger partial charge on any atom is -0.326 e. The van der Waals surface area contributed by atoms with Crippen molar-refractivity contribution in [3.8, 4) is 0 Å². The van der Waals surface area contributed by atoms with E-state index in [9.17, 15) is 4.79 Å². The SMILES string of the molecule is Cc1ccc(NC(=O)CN(C)C2CCCCC2N)cc1. The minimum absolute atomic E-state index is 0.0223. The van der Waals surface area contributed by atoms with E-state index in [1.54, 1.807) is 0 Å². The van der Waals surface area contributed by atoms with Gasteiger partial charge in [0.25, 0.3) is 0 Å². The van der Waals surface area contributed by atoms with Crippen LogP contribution >= 0.6 is 0 Å². The monoisotopic (exact) mass is 275 g/mol.